The van der Waals surface area contributed by atoms with Crippen LogP contribution in [0.15, 0.2) is 96.1 Å². The van der Waals surface area contributed by atoms with Gasteiger partial charge in [0.25, 0.3) is 0 Å². The van der Waals surface area contributed by atoms with Gasteiger partial charge >= 0.3 is 5.97 Å². The molecule has 0 aliphatic carbocycles. The van der Waals surface area contributed by atoms with Gasteiger partial charge in [-0.2, -0.15) is 5.10 Å². The highest BCUT2D eigenvalue weighted by Crippen LogP contribution is 2.19. The Hall–Kier alpha value is -3.96. The largest absolute Gasteiger partial charge is 0.423 e. The molecule has 158 valence electrons. The van der Waals surface area contributed by atoms with Crippen molar-refractivity contribution in [3.05, 3.63) is 113 Å². The third-order valence-electron chi connectivity index (χ3n) is 4.80. The molecule has 1 amide bonds. The zero-order valence-electron chi connectivity index (χ0n) is 17.0. The summed E-state index contributed by atoms with van der Waals surface area (Å²) < 4.78 is 5.34. The lowest BCUT2D eigenvalue weighted by molar-refractivity contribution is -0.120. The third-order valence-corrected chi connectivity index (χ3v) is 5.06. The topological polar surface area (TPSA) is 67.8 Å². The number of carbonyl (C=O) groups excluding carboxylic acids is 2. The molecule has 0 aliphatic rings. The maximum Gasteiger partial charge on any atom is 0.343 e. The smallest absolute Gasteiger partial charge is 0.343 e. The van der Waals surface area contributed by atoms with E-state index in [0.29, 0.717) is 16.3 Å². The van der Waals surface area contributed by atoms with Crippen molar-refractivity contribution in [3.8, 4) is 5.75 Å². The van der Waals surface area contributed by atoms with Gasteiger partial charge in [-0.25, -0.2) is 10.2 Å². The summed E-state index contributed by atoms with van der Waals surface area (Å²) in [6.07, 6.45) is 1.77. The van der Waals surface area contributed by atoms with Crippen molar-refractivity contribution >= 4 is 40.5 Å². The zero-order valence-corrected chi connectivity index (χ0v) is 17.8. The van der Waals surface area contributed by atoms with Gasteiger partial charge in [-0.3, -0.25) is 4.79 Å². The van der Waals surface area contributed by atoms with Crippen molar-refractivity contribution in [2.24, 2.45) is 5.10 Å². The number of amides is 1. The molecule has 0 saturated heterocycles. The van der Waals surface area contributed by atoms with Crippen LogP contribution in [0.4, 0.5) is 0 Å². The molecule has 0 unspecified atom stereocenters. The standard InChI is InChI=1S/C26H19ClN2O3/c27-22-12-10-20(11-13-22)26(31)32-23-14-8-18(9-15-23)17-28-29-25(30)16-21-6-3-5-19-4-1-2-7-24(19)21/h1-15,17H,16H2,(H,29,30). The molecular formula is C26H19ClN2O3. The van der Waals surface area contributed by atoms with Gasteiger partial charge in [0.2, 0.25) is 5.91 Å². The Morgan fingerprint density at radius 3 is 2.38 bits per heavy atom. The lowest BCUT2D eigenvalue weighted by Gasteiger charge is -2.06. The lowest BCUT2D eigenvalue weighted by atomic mass is 10.0. The van der Waals surface area contributed by atoms with Gasteiger partial charge in [0.05, 0.1) is 18.2 Å². The predicted molar refractivity (Wildman–Crippen MR) is 126 cm³/mol. The summed E-state index contributed by atoms with van der Waals surface area (Å²) in [6.45, 7) is 0. The molecule has 0 aromatic heterocycles. The summed E-state index contributed by atoms with van der Waals surface area (Å²) in [5.41, 5.74) is 4.66. The number of hydrogen-bond acceptors (Lipinski definition) is 4. The molecule has 4 rings (SSSR count). The molecule has 0 atom stereocenters. The molecule has 0 aliphatic heterocycles. The highest BCUT2D eigenvalue weighted by atomic mass is 35.5. The van der Waals surface area contributed by atoms with Crippen LogP contribution in [0.2, 0.25) is 5.02 Å². The van der Waals surface area contributed by atoms with Crippen LogP contribution in [0.1, 0.15) is 21.5 Å². The maximum absolute atomic E-state index is 12.3. The minimum atomic E-state index is -0.469. The zero-order chi connectivity index (χ0) is 22.3. The summed E-state index contributed by atoms with van der Waals surface area (Å²) >= 11 is 5.83. The molecule has 6 heteroatoms. The molecule has 32 heavy (non-hydrogen) atoms. The minimum absolute atomic E-state index is 0.203. The highest BCUT2D eigenvalue weighted by Gasteiger charge is 2.08. The second-order valence-electron chi connectivity index (χ2n) is 7.07. The number of rotatable bonds is 6. The van der Waals surface area contributed by atoms with E-state index < -0.39 is 5.97 Å². The normalized spacial score (nSPS) is 10.9. The van der Waals surface area contributed by atoms with E-state index in [1.54, 1.807) is 48.5 Å². The van der Waals surface area contributed by atoms with Crippen LogP contribution in [0.3, 0.4) is 0 Å². The number of halogens is 1. The molecule has 0 fully saturated rings. The van der Waals surface area contributed by atoms with Crippen LogP contribution in [-0.4, -0.2) is 18.1 Å². The Morgan fingerprint density at radius 2 is 1.59 bits per heavy atom. The Balaban J connectivity index is 1.32. The summed E-state index contributed by atoms with van der Waals surface area (Å²) in [4.78, 5) is 24.4. The molecule has 0 bridgehead atoms. The second kappa shape index (κ2) is 9.90. The second-order valence-corrected chi connectivity index (χ2v) is 7.51. The highest BCUT2D eigenvalue weighted by molar-refractivity contribution is 6.30. The Labute approximate surface area is 190 Å². The Kier molecular flexibility index (Phi) is 6.58. The number of carbonyl (C=O) groups is 2. The number of esters is 1. The van der Waals surface area contributed by atoms with Crippen LogP contribution < -0.4 is 10.2 Å². The first-order valence-electron chi connectivity index (χ1n) is 9.95. The van der Waals surface area contributed by atoms with E-state index in [1.807, 2.05) is 42.5 Å². The van der Waals surface area contributed by atoms with Gasteiger partial charge in [0.15, 0.2) is 0 Å². The van der Waals surface area contributed by atoms with Crippen molar-refractivity contribution in [3.63, 3.8) is 0 Å². The lowest BCUT2D eigenvalue weighted by Crippen LogP contribution is -2.19. The molecule has 4 aromatic carbocycles. The van der Waals surface area contributed by atoms with E-state index >= 15 is 0 Å². The van der Waals surface area contributed by atoms with Gasteiger partial charge in [-0.15, -0.1) is 0 Å². The van der Waals surface area contributed by atoms with E-state index in [2.05, 4.69) is 10.5 Å². The average Bonchev–Trinajstić information content (AvgIpc) is 2.81. The minimum Gasteiger partial charge on any atom is -0.423 e. The van der Waals surface area contributed by atoms with Gasteiger partial charge in [-0.05, 0) is 70.4 Å². The van der Waals surface area contributed by atoms with Gasteiger partial charge in [0.1, 0.15) is 5.75 Å². The molecule has 0 saturated carbocycles. The van der Waals surface area contributed by atoms with E-state index in [4.69, 9.17) is 16.3 Å². The summed E-state index contributed by atoms with van der Waals surface area (Å²) in [5, 5.41) is 6.72. The predicted octanol–water partition coefficient (Wildman–Crippen LogP) is 5.41. The monoisotopic (exact) mass is 442 g/mol. The number of nitrogens with zero attached hydrogens (tertiary/aromatic N) is 1. The van der Waals surface area contributed by atoms with Crippen molar-refractivity contribution in [2.45, 2.75) is 6.42 Å². The number of benzene rings is 4. The summed E-state index contributed by atoms with van der Waals surface area (Å²) in [5.74, 6) is -0.267. The molecule has 1 N–H and O–H groups in total. The summed E-state index contributed by atoms with van der Waals surface area (Å²) in [7, 11) is 0. The Morgan fingerprint density at radius 1 is 0.875 bits per heavy atom. The maximum atomic E-state index is 12.3. The molecule has 0 spiro atoms. The van der Waals surface area contributed by atoms with Gasteiger partial charge < -0.3 is 4.74 Å². The van der Waals surface area contributed by atoms with Gasteiger partial charge in [-0.1, -0.05) is 54.1 Å². The van der Waals surface area contributed by atoms with E-state index in [9.17, 15) is 9.59 Å². The van der Waals surface area contributed by atoms with E-state index in [1.165, 1.54) is 6.21 Å². The van der Waals surface area contributed by atoms with Crippen LogP contribution in [0, 0.1) is 0 Å². The summed E-state index contributed by atoms with van der Waals surface area (Å²) in [6, 6.07) is 27.1. The van der Waals surface area contributed by atoms with Crippen LogP contribution in [0.5, 0.6) is 5.75 Å². The number of hydrazone groups is 1. The first kappa shape index (κ1) is 21.3. The van der Waals surface area contributed by atoms with Crippen molar-refractivity contribution in [1.29, 1.82) is 0 Å². The Bertz CT molecular complexity index is 1280. The number of hydrogen-bond donors (Lipinski definition) is 1. The van der Waals surface area contributed by atoms with Crippen LogP contribution in [-0.2, 0) is 11.2 Å². The third kappa shape index (κ3) is 5.39. The first-order valence-corrected chi connectivity index (χ1v) is 10.3. The quantitative estimate of drug-likeness (QED) is 0.188. The van der Waals surface area contributed by atoms with E-state index in [-0.39, 0.29) is 12.3 Å². The van der Waals surface area contributed by atoms with Crippen LogP contribution in [0.25, 0.3) is 10.8 Å². The molecule has 0 heterocycles. The number of ether oxygens (including phenoxy) is 1. The van der Waals surface area contributed by atoms with E-state index in [0.717, 1.165) is 21.9 Å². The van der Waals surface area contributed by atoms with Crippen molar-refractivity contribution < 1.29 is 14.3 Å². The van der Waals surface area contributed by atoms with Crippen molar-refractivity contribution in [2.75, 3.05) is 0 Å². The van der Waals surface area contributed by atoms with Crippen molar-refractivity contribution in [1.82, 2.24) is 5.43 Å². The first-order chi connectivity index (χ1) is 15.6. The average molecular weight is 443 g/mol. The molecular weight excluding hydrogens is 424 g/mol. The molecule has 0 radical (unpaired) electrons. The SMILES string of the molecule is O=C(Cc1cccc2ccccc12)NN=Cc1ccc(OC(=O)c2ccc(Cl)cc2)cc1. The van der Waals surface area contributed by atoms with Crippen LogP contribution >= 0.6 is 11.6 Å². The number of fused-ring (bicyclic) bond motifs is 1. The number of nitrogens with one attached hydrogen (secondary N) is 1. The molecule has 5 nitrogen and oxygen atoms in total. The van der Waals surface area contributed by atoms with Gasteiger partial charge in [0, 0.05) is 5.02 Å². The molecule has 4 aromatic rings. The fourth-order valence-corrected chi connectivity index (χ4v) is 3.34. The fraction of sp³-hybridized carbons (Fsp3) is 0.0385. The fourth-order valence-electron chi connectivity index (χ4n) is 3.21.